The van der Waals surface area contributed by atoms with Crippen molar-refractivity contribution in [3.8, 4) is 11.1 Å². The van der Waals surface area contributed by atoms with E-state index in [0.29, 0.717) is 19.3 Å². The Morgan fingerprint density at radius 1 is 0.806 bits per heavy atom. The van der Waals surface area contributed by atoms with E-state index in [-0.39, 0.29) is 19.1 Å². The second-order valence-corrected chi connectivity index (χ2v) is 8.83. The fourth-order valence-corrected chi connectivity index (χ4v) is 3.97. The van der Waals surface area contributed by atoms with Crippen LogP contribution in [0.1, 0.15) is 16.7 Å². The van der Waals surface area contributed by atoms with Crippen molar-refractivity contribution in [3.05, 3.63) is 95.6 Å². The minimum atomic E-state index is -1.34. The third-order valence-electron chi connectivity index (χ3n) is 5.82. The number of hydrogen-bond donors (Lipinski definition) is 5. The molecular weight excluding hydrogens is 458 g/mol. The molecule has 1 amide bonds. The zero-order chi connectivity index (χ0) is 25.9. The lowest BCUT2D eigenvalue weighted by atomic mass is 9.97. The van der Waals surface area contributed by atoms with E-state index in [1.165, 1.54) is 0 Å². The number of ether oxygens (including phenoxy) is 1. The molecule has 3 aromatic rings. The molecule has 3 aromatic carbocycles. The van der Waals surface area contributed by atoms with Gasteiger partial charge in [0.2, 0.25) is 5.91 Å². The van der Waals surface area contributed by atoms with E-state index in [0.717, 1.165) is 27.8 Å². The molecular formula is C28H33N3O5. The van der Waals surface area contributed by atoms with Gasteiger partial charge in [0.05, 0.1) is 18.7 Å². The Balaban J connectivity index is 1.56. The zero-order valence-electron chi connectivity index (χ0n) is 20.0. The molecule has 0 aliphatic rings. The number of nitrogens with one attached hydrogen (secondary N) is 1. The van der Waals surface area contributed by atoms with Crippen LogP contribution < -0.4 is 16.8 Å². The van der Waals surface area contributed by atoms with Crippen LogP contribution in [0.25, 0.3) is 11.1 Å². The Labute approximate surface area is 210 Å². The normalized spacial score (nSPS) is 13.4. The van der Waals surface area contributed by atoms with Crippen molar-refractivity contribution in [3.63, 3.8) is 0 Å². The fourth-order valence-electron chi connectivity index (χ4n) is 3.97. The summed E-state index contributed by atoms with van der Waals surface area (Å²) in [4.78, 5) is 23.1. The fraction of sp³-hybridized carbons (Fsp3) is 0.286. The Morgan fingerprint density at radius 2 is 1.47 bits per heavy atom. The topological polar surface area (TPSA) is 148 Å². The highest BCUT2D eigenvalue weighted by Gasteiger charge is 2.18. The number of aliphatic hydroxyl groups is 1. The molecule has 8 nitrogen and oxygen atoms in total. The highest BCUT2D eigenvalue weighted by molar-refractivity contribution is 5.82. The number of rotatable bonds is 12. The Morgan fingerprint density at radius 3 is 2.14 bits per heavy atom. The first-order chi connectivity index (χ1) is 17.3. The van der Waals surface area contributed by atoms with Crippen LogP contribution in [0.5, 0.6) is 0 Å². The smallest absolute Gasteiger partial charge is 0.450 e. The quantitative estimate of drug-likeness (QED) is 0.245. The molecule has 0 heterocycles. The van der Waals surface area contributed by atoms with E-state index in [4.69, 9.17) is 16.6 Å². The van der Waals surface area contributed by atoms with Crippen molar-refractivity contribution in [2.45, 2.75) is 37.4 Å². The van der Waals surface area contributed by atoms with E-state index in [9.17, 15) is 14.7 Å². The Kier molecular flexibility index (Phi) is 10.00. The summed E-state index contributed by atoms with van der Waals surface area (Å²) in [6, 6.07) is 23.8. The standard InChI is InChI=1S/C28H33N3O5/c29-24(18-36-28(34)35)14-21-7-4-8-23(13-21)22-11-9-20(10-12-22)15-25(17-32)31-27(33)26(30)16-19-5-2-1-3-6-19/h1-13,24-26,32H,14-18,29-30H2,(H,31,33)(H,34,35)/t24-,25?,26?/m1/s1. The van der Waals surface area contributed by atoms with Crippen LogP contribution in [0.3, 0.4) is 0 Å². The first kappa shape index (κ1) is 26.9. The van der Waals surface area contributed by atoms with Gasteiger partial charge in [0.15, 0.2) is 0 Å². The predicted molar refractivity (Wildman–Crippen MR) is 138 cm³/mol. The third-order valence-corrected chi connectivity index (χ3v) is 5.82. The number of nitrogens with two attached hydrogens (primary N) is 2. The molecule has 0 aromatic heterocycles. The Hall–Kier alpha value is -3.72. The van der Waals surface area contributed by atoms with E-state index in [1.807, 2.05) is 78.9 Å². The summed E-state index contributed by atoms with van der Waals surface area (Å²) in [5, 5.41) is 21.3. The molecule has 0 aliphatic carbocycles. The van der Waals surface area contributed by atoms with E-state index in [2.05, 4.69) is 10.1 Å². The molecule has 2 unspecified atom stereocenters. The van der Waals surface area contributed by atoms with Crippen LogP contribution in [0.4, 0.5) is 4.79 Å². The predicted octanol–water partition coefficient (Wildman–Crippen LogP) is 2.51. The highest BCUT2D eigenvalue weighted by atomic mass is 16.7. The van der Waals surface area contributed by atoms with Crippen LogP contribution in [0.2, 0.25) is 0 Å². The van der Waals surface area contributed by atoms with Gasteiger partial charge >= 0.3 is 6.16 Å². The molecule has 0 fully saturated rings. The second kappa shape index (κ2) is 13.4. The highest BCUT2D eigenvalue weighted by Crippen LogP contribution is 2.22. The molecule has 8 heteroatoms. The molecule has 0 bridgehead atoms. The number of carboxylic acid groups (broad SMARTS) is 1. The average molecular weight is 492 g/mol. The second-order valence-electron chi connectivity index (χ2n) is 8.83. The maximum absolute atomic E-state index is 12.5. The Bertz CT molecular complexity index is 1120. The van der Waals surface area contributed by atoms with Crippen molar-refractivity contribution >= 4 is 12.1 Å². The molecule has 0 aliphatic heterocycles. The van der Waals surface area contributed by atoms with Crippen LogP contribution in [-0.2, 0) is 28.8 Å². The van der Waals surface area contributed by atoms with Crippen LogP contribution in [0.15, 0.2) is 78.9 Å². The molecule has 3 rings (SSSR count). The lowest BCUT2D eigenvalue weighted by molar-refractivity contribution is -0.123. The van der Waals surface area contributed by atoms with Gasteiger partial charge in [0.25, 0.3) is 0 Å². The molecule has 0 saturated carbocycles. The summed E-state index contributed by atoms with van der Waals surface area (Å²) in [6.45, 7) is -0.257. The molecule has 36 heavy (non-hydrogen) atoms. The zero-order valence-corrected chi connectivity index (χ0v) is 20.0. The van der Waals surface area contributed by atoms with Crippen LogP contribution >= 0.6 is 0 Å². The summed E-state index contributed by atoms with van der Waals surface area (Å²) in [6.07, 6.45) is 0.0517. The van der Waals surface area contributed by atoms with Gasteiger partial charge in [0, 0.05) is 6.04 Å². The number of benzene rings is 3. The molecule has 0 spiro atoms. The van der Waals surface area contributed by atoms with Crippen molar-refractivity contribution < 1.29 is 24.5 Å². The molecule has 0 radical (unpaired) electrons. The van der Waals surface area contributed by atoms with Gasteiger partial charge in [-0.1, -0.05) is 78.9 Å². The van der Waals surface area contributed by atoms with Gasteiger partial charge in [-0.2, -0.15) is 0 Å². The lowest BCUT2D eigenvalue weighted by Gasteiger charge is -2.20. The number of hydrogen-bond acceptors (Lipinski definition) is 6. The summed E-state index contributed by atoms with van der Waals surface area (Å²) in [7, 11) is 0. The maximum Gasteiger partial charge on any atom is 0.505 e. The molecule has 7 N–H and O–H groups in total. The minimum Gasteiger partial charge on any atom is -0.450 e. The van der Waals surface area contributed by atoms with Gasteiger partial charge in [-0.15, -0.1) is 0 Å². The summed E-state index contributed by atoms with van der Waals surface area (Å²) in [5.41, 5.74) is 17.0. The summed E-state index contributed by atoms with van der Waals surface area (Å²) in [5.74, 6) is -0.293. The van der Waals surface area contributed by atoms with Crippen molar-refractivity contribution in [1.82, 2.24) is 5.32 Å². The van der Waals surface area contributed by atoms with E-state index < -0.39 is 24.3 Å². The van der Waals surface area contributed by atoms with E-state index >= 15 is 0 Å². The monoisotopic (exact) mass is 491 g/mol. The van der Waals surface area contributed by atoms with Gasteiger partial charge in [-0.25, -0.2) is 4.79 Å². The third kappa shape index (κ3) is 8.49. The number of amides is 1. The van der Waals surface area contributed by atoms with Crippen molar-refractivity contribution in [1.29, 1.82) is 0 Å². The molecule has 0 saturated heterocycles. The average Bonchev–Trinajstić information content (AvgIpc) is 2.88. The maximum atomic E-state index is 12.5. The summed E-state index contributed by atoms with van der Waals surface area (Å²) >= 11 is 0. The minimum absolute atomic E-state index is 0.0615. The first-order valence-corrected chi connectivity index (χ1v) is 11.8. The van der Waals surface area contributed by atoms with Gasteiger partial charge < -0.3 is 31.7 Å². The number of carbonyl (C=O) groups excluding carboxylic acids is 1. The largest absolute Gasteiger partial charge is 0.505 e. The van der Waals surface area contributed by atoms with Crippen molar-refractivity contribution in [2.75, 3.05) is 13.2 Å². The first-order valence-electron chi connectivity index (χ1n) is 11.8. The summed E-state index contributed by atoms with van der Waals surface area (Å²) < 4.78 is 4.55. The van der Waals surface area contributed by atoms with Crippen LogP contribution in [-0.4, -0.2) is 53.6 Å². The van der Waals surface area contributed by atoms with Crippen LogP contribution in [0, 0.1) is 0 Å². The van der Waals surface area contributed by atoms with Gasteiger partial charge in [-0.3, -0.25) is 4.79 Å². The van der Waals surface area contributed by atoms with Gasteiger partial charge in [0.1, 0.15) is 6.61 Å². The SMILES string of the molecule is NC(Cc1ccccc1)C(=O)NC(CO)Cc1ccc(-c2cccc(C[C@@H](N)COC(=O)O)c2)cc1. The van der Waals surface area contributed by atoms with Gasteiger partial charge in [-0.05, 0) is 47.1 Å². The van der Waals surface area contributed by atoms with E-state index in [1.54, 1.807) is 0 Å². The molecule has 3 atom stereocenters. The molecule has 190 valence electrons. The van der Waals surface area contributed by atoms with Crippen molar-refractivity contribution in [2.24, 2.45) is 11.5 Å². The number of aliphatic hydroxyl groups excluding tert-OH is 1. The number of carbonyl (C=O) groups is 2. The lowest BCUT2D eigenvalue weighted by Crippen LogP contribution is -2.48.